The molecule has 3 heterocycles. The highest BCUT2D eigenvalue weighted by Crippen LogP contribution is 2.26. The van der Waals surface area contributed by atoms with Gasteiger partial charge in [-0.05, 0) is 37.3 Å². The van der Waals surface area contributed by atoms with Gasteiger partial charge in [0.2, 0.25) is 0 Å². The Hall–Kier alpha value is -3.48. The number of aromatic nitrogens is 2. The van der Waals surface area contributed by atoms with Crippen LogP contribution in [0.3, 0.4) is 0 Å². The van der Waals surface area contributed by atoms with Crippen molar-refractivity contribution >= 4 is 17.5 Å². The van der Waals surface area contributed by atoms with Crippen LogP contribution in [0.15, 0.2) is 54.9 Å². The van der Waals surface area contributed by atoms with Crippen LogP contribution in [0.4, 0.5) is 10.1 Å². The lowest BCUT2D eigenvalue weighted by Gasteiger charge is -2.20. The van der Waals surface area contributed by atoms with Crippen molar-refractivity contribution in [2.45, 2.75) is 45.2 Å². The molecule has 31 heavy (non-hydrogen) atoms. The average Bonchev–Trinajstić information content (AvgIpc) is 3.18. The number of benzene rings is 1. The number of hydrogen-bond acceptors (Lipinski definition) is 3. The van der Waals surface area contributed by atoms with E-state index in [1.54, 1.807) is 6.07 Å². The van der Waals surface area contributed by atoms with Crippen LogP contribution in [0.2, 0.25) is 0 Å². The number of amides is 2. The van der Waals surface area contributed by atoms with Gasteiger partial charge < -0.3 is 15.2 Å². The van der Waals surface area contributed by atoms with Crippen molar-refractivity contribution < 1.29 is 14.0 Å². The van der Waals surface area contributed by atoms with Crippen molar-refractivity contribution in [3.63, 3.8) is 0 Å². The van der Waals surface area contributed by atoms with Crippen molar-refractivity contribution in [2.24, 2.45) is 0 Å². The topological polar surface area (TPSA) is 76.0 Å². The van der Waals surface area contributed by atoms with E-state index >= 15 is 0 Å². The van der Waals surface area contributed by atoms with Crippen LogP contribution < -0.4 is 10.6 Å². The number of nitrogens with one attached hydrogen (secondary N) is 2. The Bertz CT molecular complexity index is 1090. The Kier molecular flexibility index (Phi) is 6.11. The number of fused-ring (bicyclic) bond motifs is 1. The van der Waals surface area contributed by atoms with E-state index < -0.39 is 5.82 Å². The van der Waals surface area contributed by atoms with E-state index in [-0.39, 0.29) is 23.5 Å². The molecule has 0 fully saturated rings. The number of hydrogen-bond donors (Lipinski definition) is 2. The van der Waals surface area contributed by atoms with E-state index in [0.29, 0.717) is 17.8 Å². The Balaban J connectivity index is 1.60. The molecule has 1 atom stereocenters. The van der Waals surface area contributed by atoms with Gasteiger partial charge in [0.05, 0.1) is 29.7 Å². The first kappa shape index (κ1) is 20.8. The molecule has 4 rings (SSSR count). The summed E-state index contributed by atoms with van der Waals surface area (Å²) >= 11 is 0. The highest BCUT2D eigenvalue weighted by molar-refractivity contribution is 6.06. The fourth-order valence-corrected chi connectivity index (χ4v) is 4.08. The molecule has 7 heteroatoms. The van der Waals surface area contributed by atoms with Gasteiger partial charge in [0.15, 0.2) is 0 Å². The summed E-state index contributed by atoms with van der Waals surface area (Å²) in [6.45, 7) is 2.70. The highest BCUT2D eigenvalue weighted by atomic mass is 19.1. The zero-order chi connectivity index (χ0) is 21.8. The van der Waals surface area contributed by atoms with E-state index in [0.717, 1.165) is 43.1 Å². The summed E-state index contributed by atoms with van der Waals surface area (Å²) in [6.07, 6.45) is 5.86. The lowest BCUT2D eigenvalue weighted by atomic mass is 10.0. The molecule has 0 radical (unpaired) electrons. The first-order valence-electron chi connectivity index (χ1n) is 10.6. The molecule has 0 spiro atoms. The molecule has 1 unspecified atom stereocenters. The van der Waals surface area contributed by atoms with Crippen LogP contribution in [0.1, 0.15) is 64.3 Å². The number of halogens is 1. The third-order valence-corrected chi connectivity index (χ3v) is 5.61. The van der Waals surface area contributed by atoms with Gasteiger partial charge in [0, 0.05) is 18.3 Å². The molecule has 2 amide bonds. The van der Waals surface area contributed by atoms with E-state index in [2.05, 4.69) is 15.6 Å². The highest BCUT2D eigenvalue weighted by Gasteiger charge is 2.26. The normalized spacial score (nSPS) is 13.9. The quantitative estimate of drug-likeness (QED) is 0.617. The van der Waals surface area contributed by atoms with Crippen molar-refractivity contribution in [3.05, 3.63) is 83.2 Å². The third kappa shape index (κ3) is 4.50. The Morgan fingerprint density at radius 3 is 2.68 bits per heavy atom. The number of anilines is 1. The van der Waals surface area contributed by atoms with Crippen LogP contribution in [0.25, 0.3) is 0 Å². The van der Waals surface area contributed by atoms with Crippen LogP contribution >= 0.6 is 0 Å². The van der Waals surface area contributed by atoms with E-state index in [1.807, 2.05) is 41.8 Å². The SMILES string of the molecule is CCC(NC(=O)c1cc(C(=O)Nc2cncc(F)c2)n2c1CCCC2)c1ccccc1. The summed E-state index contributed by atoms with van der Waals surface area (Å²) < 4.78 is 15.3. The van der Waals surface area contributed by atoms with Gasteiger partial charge in [-0.3, -0.25) is 14.6 Å². The van der Waals surface area contributed by atoms with Gasteiger partial charge in [-0.1, -0.05) is 37.3 Å². The zero-order valence-corrected chi connectivity index (χ0v) is 17.4. The fraction of sp³-hybridized carbons (Fsp3) is 0.292. The molecule has 0 saturated carbocycles. The maximum absolute atomic E-state index is 13.4. The second kappa shape index (κ2) is 9.12. The molecule has 1 aliphatic heterocycles. The van der Waals surface area contributed by atoms with Gasteiger partial charge in [-0.25, -0.2) is 4.39 Å². The van der Waals surface area contributed by atoms with Crippen molar-refractivity contribution in [2.75, 3.05) is 5.32 Å². The second-order valence-electron chi connectivity index (χ2n) is 7.69. The molecular formula is C24H25FN4O2. The van der Waals surface area contributed by atoms with Crippen molar-refractivity contribution in [1.29, 1.82) is 0 Å². The van der Waals surface area contributed by atoms with Crippen LogP contribution in [0.5, 0.6) is 0 Å². The maximum Gasteiger partial charge on any atom is 0.272 e. The molecule has 160 valence electrons. The number of nitrogens with zero attached hydrogens (tertiary/aromatic N) is 2. The smallest absolute Gasteiger partial charge is 0.272 e. The second-order valence-corrected chi connectivity index (χ2v) is 7.69. The van der Waals surface area contributed by atoms with E-state index in [9.17, 15) is 14.0 Å². The summed E-state index contributed by atoms with van der Waals surface area (Å²) in [5.41, 5.74) is 3.11. The fourth-order valence-electron chi connectivity index (χ4n) is 4.08. The monoisotopic (exact) mass is 420 g/mol. The van der Waals surface area contributed by atoms with Crippen molar-refractivity contribution in [1.82, 2.24) is 14.9 Å². The lowest BCUT2D eigenvalue weighted by molar-refractivity contribution is 0.0933. The standard InChI is InChI=1S/C24H25FN4O2/c1-2-20(16-8-4-3-5-9-16)28-23(30)19-13-22(29-11-7-6-10-21(19)29)24(31)27-18-12-17(25)14-26-15-18/h3-5,8-9,12-15,20H,2,6-7,10-11H2,1H3,(H,27,31)(H,28,30). The molecule has 0 bridgehead atoms. The number of pyridine rings is 1. The van der Waals surface area contributed by atoms with Gasteiger partial charge >= 0.3 is 0 Å². The predicted octanol–water partition coefficient (Wildman–Crippen LogP) is 4.49. The number of carbonyl (C=O) groups excluding carboxylic acids is 2. The largest absolute Gasteiger partial charge is 0.345 e. The Labute approximate surface area is 180 Å². The molecule has 6 nitrogen and oxygen atoms in total. The van der Waals surface area contributed by atoms with Gasteiger partial charge in [-0.2, -0.15) is 0 Å². The van der Waals surface area contributed by atoms with Crippen LogP contribution in [-0.2, 0) is 13.0 Å². The minimum atomic E-state index is -0.526. The zero-order valence-electron chi connectivity index (χ0n) is 17.4. The average molecular weight is 420 g/mol. The molecule has 1 aromatic carbocycles. The number of rotatable bonds is 6. The molecule has 2 aromatic heterocycles. The predicted molar refractivity (Wildman–Crippen MR) is 116 cm³/mol. The summed E-state index contributed by atoms with van der Waals surface area (Å²) in [6, 6.07) is 12.6. The maximum atomic E-state index is 13.4. The van der Waals surface area contributed by atoms with Crippen LogP contribution in [-0.4, -0.2) is 21.4 Å². The molecule has 0 saturated heterocycles. The molecule has 0 aliphatic carbocycles. The Morgan fingerprint density at radius 1 is 1.13 bits per heavy atom. The first-order chi connectivity index (χ1) is 15.1. The van der Waals surface area contributed by atoms with Crippen LogP contribution in [0, 0.1) is 5.82 Å². The lowest BCUT2D eigenvalue weighted by Crippen LogP contribution is -2.29. The van der Waals surface area contributed by atoms with E-state index in [1.165, 1.54) is 12.3 Å². The summed E-state index contributed by atoms with van der Waals surface area (Å²) in [7, 11) is 0. The minimum Gasteiger partial charge on any atom is -0.345 e. The summed E-state index contributed by atoms with van der Waals surface area (Å²) in [4.78, 5) is 29.9. The molecule has 2 N–H and O–H groups in total. The van der Waals surface area contributed by atoms with E-state index in [4.69, 9.17) is 0 Å². The molecule has 3 aromatic rings. The van der Waals surface area contributed by atoms with Crippen molar-refractivity contribution in [3.8, 4) is 0 Å². The molecular weight excluding hydrogens is 395 g/mol. The first-order valence-corrected chi connectivity index (χ1v) is 10.6. The van der Waals surface area contributed by atoms with Gasteiger partial charge in [0.1, 0.15) is 11.5 Å². The van der Waals surface area contributed by atoms with Gasteiger partial charge in [-0.15, -0.1) is 0 Å². The Morgan fingerprint density at radius 2 is 1.94 bits per heavy atom. The summed E-state index contributed by atoms with van der Waals surface area (Å²) in [5.74, 6) is -1.10. The molecule has 1 aliphatic rings. The number of carbonyl (C=O) groups is 2. The minimum absolute atomic E-state index is 0.108. The van der Waals surface area contributed by atoms with Gasteiger partial charge in [0.25, 0.3) is 11.8 Å². The summed E-state index contributed by atoms with van der Waals surface area (Å²) in [5, 5.41) is 5.80. The third-order valence-electron chi connectivity index (χ3n) is 5.61.